The van der Waals surface area contributed by atoms with Gasteiger partial charge in [-0.3, -0.25) is 9.78 Å². The van der Waals surface area contributed by atoms with Crippen LogP contribution in [0.5, 0.6) is 0 Å². The molecule has 90 valence electrons. The van der Waals surface area contributed by atoms with E-state index in [4.69, 9.17) is 4.52 Å². The van der Waals surface area contributed by atoms with Gasteiger partial charge < -0.3 is 9.09 Å². The van der Waals surface area contributed by atoms with Crippen LogP contribution in [0.1, 0.15) is 5.56 Å². The zero-order valence-corrected chi connectivity index (χ0v) is 9.41. The van der Waals surface area contributed by atoms with Crippen molar-refractivity contribution in [3.63, 3.8) is 0 Å². The molecule has 6 heteroatoms. The maximum Gasteiger partial charge on any atom is 0.280 e. The molecule has 0 spiro atoms. The van der Waals surface area contributed by atoms with Crippen LogP contribution in [0.2, 0.25) is 0 Å². The van der Waals surface area contributed by atoms with Crippen LogP contribution >= 0.6 is 0 Å². The van der Waals surface area contributed by atoms with Crippen molar-refractivity contribution in [1.82, 2.24) is 19.7 Å². The Bertz CT molecular complexity index is 697. The Kier molecular flexibility index (Phi) is 2.53. The van der Waals surface area contributed by atoms with Gasteiger partial charge in [0.15, 0.2) is 5.76 Å². The van der Waals surface area contributed by atoms with Gasteiger partial charge >= 0.3 is 0 Å². The van der Waals surface area contributed by atoms with E-state index in [0.29, 0.717) is 18.0 Å². The molecular weight excluding hydrogens is 232 g/mol. The van der Waals surface area contributed by atoms with E-state index in [2.05, 4.69) is 15.1 Å². The molecule has 0 bridgehead atoms. The molecular formula is C12H10N4O2. The third-order valence-corrected chi connectivity index (χ3v) is 2.52. The van der Waals surface area contributed by atoms with E-state index < -0.39 is 0 Å². The van der Waals surface area contributed by atoms with E-state index >= 15 is 0 Å². The first kappa shape index (κ1) is 10.5. The van der Waals surface area contributed by atoms with Crippen molar-refractivity contribution in [2.24, 2.45) is 0 Å². The molecule has 18 heavy (non-hydrogen) atoms. The number of nitrogens with zero attached hydrogens (tertiary/aromatic N) is 3. The molecule has 0 saturated heterocycles. The standard InChI is InChI=1S/C12H10N4O2/c17-12-6-11(18-15-12)10-5-9(1-2-14-10)7-16-4-3-13-8-16/h1-6,8H,7H2,(H,15,17). The van der Waals surface area contributed by atoms with Gasteiger partial charge in [-0.1, -0.05) is 0 Å². The summed E-state index contributed by atoms with van der Waals surface area (Å²) in [6.45, 7) is 0.699. The second-order valence-electron chi connectivity index (χ2n) is 3.86. The third-order valence-electron chi connectivity index (χ3n) is 2.52. The molecule has 0 unspecified atom stereocenters. The highest BCUT2D eigenvalue weighted by Crippen LogP contribution is 2.15. The Morgan fingerprint density at radius 3 is 3.00 bits per heavy atom. The number of hydrogen-bond acceptors (Lipinski definition) is 4. The minimum Gasteiger partial charge on any atom is -0.377 e. The quantitative estimate of drug-likeness (QED) is 0.750. The van der Waals surface area contributed by atoms with E-state index in [1.54, 1.807) is 18.7 Å². The molecule has 0 aliphatic carbocycles. The van der Waals surface area contributed by atoms with E-state index in [1.807, 2.05) is 22.9 Å². The summed E-state index contributed by atoms with van der Waals surface area (Å²) in [5.41, 5.74) is 1.42. The smallest absolute Gasteiger partial charge is 0.280 e. The number of H-pyrrole nitrogens is 1. The molecule has 6 nitrogen and oxygen atoms in total. The van der Waals surface area contributed by atoms with Crippen molar-refractivity contribution >= 4 is 0 Å². The minimum absolute atomic E-state index is 0.271. The first-order chi connectivity index (χ1) is 8.81. The molecule has 0 amide bonds. The fourth-order valence-electron chi connectivity index (χ4n) is 1.71. The predicted molar refractivity (Wildman–Crippen MR) is 63.9 cm³/mol. The maximum absolute atomic E-state index is 11.0. The zero-order chi connectivity index (χ0) is 12.4. The fourth-order valence-corrected chi connectivity index (χ4v) is 1.71. The summed E-state index contributed by atoms with van der Waals surface area (Å²) in [6.07, 6.45) is 7.05. The van der Waals surface area contributed by atoms with E-state index in [0.717, 1.165) is 5.56 Å². The van der Waals surface area contributed by atoms with Crippen molar-refractivity contribution in [3.8, 4) is 11.5 Å². The summed E-state index contributed by atoms with van der Waals surface area (Å²) >= 11 is 0. The SMILES string of the molecule is O=c1cc(-c2cc(Cn3ccnc3)ccn2)o[nH]1. The van der Waals surface area contributed by atoms with Gasteiger partial charge in [-0.2, -0.15) is 5.16 Å². The highest BCUT2D eigenvalue weighted by molar-refractivity contribution is 5.51. The number of pyridine rings is 1. The van der Waals surface area contributed by atoms with Gasteiger partial charge in [-0.15, -0.1) is 0 Å². The highest BCUT2D eigenvalue weighted by Gasteiger charge is 2.06. The van der Waals surface area contributed by atoms with Crippen molar-refractivity contribution < 1.29 is 4.52 Å². The summed E-state index contributed by atoms with van der Waals surface area (Å²) in [6, 6.07) is 5.17. The number of aromatic nitrogens is 4. The first-order valence-electron chi connectivity index (χ1n) is 5.41. The van der Waals surface area contributed by atoms with Crippen LogP contribution in [-0.4, -0.2) is 19.7 Å². The Morgan fingerprint density at radius 2 is 2.28 bits per heavy atom. The summed E-state index contributed by atoms with van der Waals surface area (Å²) in [4.78, 5) is 19.2. The van der Waals surface area contributed by atoms with Crippen molar-refractivity contribution in [2.45, 2.75) is 6.54 Å². The van der Waals surface area contributed by atoms with Gasteiger partial charge in [0, 0.05) is 25.1 Å². The highest BCUT2D eigenvalue weighted by atomic mass is 16.5. The van der Waals surface area contributed by atoms with Crippen LogP contribution < -0.4 is 5.56 Å². The lowest BCUT2D eigenvalue weighted by atomic mass is 10.2. The van der Waals surface area contributed by atoms with E-state index in [1.165, 1.54) is 6.07 Å². The van der Waals surface area contributed by atoms with Crippen LogP contribution in [-0.2, 0) is 6.54 Å². The van der Waals surface area contributed by atoms with Crippen LogP contribution in [0.15, 0.2) is 52.4 Å². The van der Waals surface area contributed by atoms with E-state index in [-0.39, 0.29) is 5.56 Å². The summed E-state index contributed by atoms with van der Waals surface area (Å²) in [7, 11) is 0. The zero-order valence-electron chi connectivity index (χ0n) is 9.41. The Morgan fingerprint density at radius 1 is 1.33 bits per heavy atom. The normalized spacial score (nSPS) is 10.7. The molecule has 0 atom stereocenters. The topological polar surface area (TPSA) is 76.7 Å². The predicted octanol–water partition coefficient (Wildman–Crippen LogP) is 1.27. The van der Waals surface area contributed by atoms with Gasteiger partial charge in [-0.05, 0) is 17.7 Å². The lowest BCUT2D eigenvalue weighted by Gasteiger charge is -2.03. The van der Waals surface area contributed by atoms with Crippen molar-refractivity contribution in [3.05, 3.63) is 59.0 Å². The first-order valence-corrected chi connectivity index (χ1v) is 5.41. The fraction of sp³-hybridized carbons (Fsp3) is 0.0833. The number of imidazole rings is 1. The number of rotatable bonds is 3. The Hall–Kier alpha value is -2.63. The largest absolute Gasteiger partial charge is 0.377 e. The van der Waals surface area contributed by atoms with Crippen LogP contribution in [0.4, 0.5) is 0 Å². The number of nitrogens with one attached hydrogen (secondary N) is 1. The summed E-state index contributed by atoms with van der Waals surface area (Å²) < 4.78 is 6.97. The van der Waals surface area contributed by atoms with Gasteiger partial charge in [-0.25, -0.2) is 4.98 Å². The van der Waals surface area contributed by atoms with Crippen LogP contribution in [0, 0.1) is 0 Å². The molecule has 0 aliphatic heterocycles. The number of hydrogen-bond donors (Lipinski definition) is 1. The van der Waals surface area contributed by atoms with Gasteiger partial charge in [0.2, 0.25) is 0 Å². The number of aromatic amines is 1. The summed E-state index contributed by atoms with van der Waals surface area (Å²) in [5, 5.41) is 2.25. The Labute approximate surface area is 102 Å². The van der Waals surface area contributed by atoms with Crippen LogP contribution in [0.25, 0.3) is 11.5 Å². The third kappa shape index (κ3) is 2.08. The molecule has 0 aromatic carbocycles. The second-order valence-corrected chi connectivity index (χ2v) is 3.86. The minimum atomic E-state index is -0.271. The molecule has 3 rings (SSSR count). The van der Waals surface area contributed by atoms with Crippen LogP contribution in [0.3, 0.4) is 0 Å². The lowest BCUT2D eigenvalue weighted by Crippen LogP contribution is -1.97. The van der Waals surface area contributed by atoms with E-state index in [9.17, 15) is 4.79 Å². The molecule has 0 aliphatic rings. The van der Waals surface area contributed by atoms with Crippen molar-refractivity contribution in [2.75, 3.05) is 0 Å². The monoisotopic (exact) mass is 242 g/mol. The second kappa shape index (κ2) is 4.33. The Balaban J connectivity index is 1.91. The van der Waals surface area contributed by atoms with Gasteiger partial charge in [0.05, 0.1) is 12.4 Å². The van der Waals surface area contributed by atoms with Gasteiger partial charge in [0.25, 0.3) is 5.56 Å². The average molecular weight is 242 g/mol. The maximum atomic E-state index is 11.0. The molecule has 0 saturated carbocycles. The van der Waals surface area contributed by atoms with Gasteiger partial charge in [0.1, 0.15) is 5.69 Å². The molecule has 3 heterocycles. The average Bonchev–Trinajstić information content (AvgIpc) is 3.01. The molecule has 0 radical (unpaired) electrons. The lowest BCUT2D eigenvalue weighted by molar-refractivity contribution is 0.424. The molecule has 0 fully saturated rings. The molecule has 3 aromatic heterocycles. The van der Waals surface area contributed by atoms with Crippen molar-refractivity contribution in [1.29, 1.82) is 0 Å². The molecule has 3 aromatic rings. The molecule has 1 N–H and O–H groups in total. The summed E-state index contributed by atoms with van der Waals surface area (Å²) in [5.74, 6) is 0.437.